The van der Waals surface area contributed by atoms with Crippen molar-refractivity contribution < 1.29 is 9.84 Å². The molecule has 0 spiro atoms. The molecule has 1 aromatic carbocycles. The lowest BCUT2D eigenvalue weighted by molar-refractivity contribution is 0.410. The summed E-state index contributed by atoms with van der Waals surface area (Å²) in [5, 5.41) is 18.1. The maximum absolute atomic E-state index is 11.4. The lowest BCUT2D eigenvalue weighted by atomic mass is 10.2. The normalized spacial score (nSPS) is 15.0. The van der Waals surface area contributed by atoms with E-state index < -0.39 is 5.69 Å². The van der Waals surface area contributed by atoms with Crippen molar-refractivity contribution in [3.63, 3.8) is 0 Å². The maximum Gasteiger partial charge on any atom is 0.326 e. The molecule has 4 aromatic rings. The summed E-state index contributed by atoms with van der Waals surface area (Å²) in [6, 6.07) is 7.94. The molecular formula is C20H20N8O3. The van der Waals surface area contributed by atoms with Crippen LogP contribution < -0.4 is 26.6 Å². The van der Waals surface area contributed by atoms with Gasteiger partial charge in [-0.2, -0.15) is 19.6 Å². The van der Waals surface area contributed by atoms with Gasteiger partial charge < -0.3 is 20.1 Å². The van der Waals surface area contributed by atoms with Gasteiger partial charge in [-0.3, -0.25) is 4.98 Å². The van der Waals surface area contributed by atoms with E-state index in [4.69, 9.17) is 4.74 Å². The SMILES string of the molecule is COc1ccccc1CNc1nc(=NC2CC2)n2nc/c(=C\c3[nH]c(=O)[nH]c3O)c2n1. The summed E-state index contributed by atoms with van der Waals surface area (Å²) in [7, 11) is 1.63. The second-order valence-corrected chi connectivity index (χ2v) is 7.19. The summed E-state index contributed by atoms with van der Waals surface area (Å²) < 4.78 is 6.96. The number of H-pyrrole nitrogens is 2. The number of aromatic nitrogens is 6. The number of aromatic amines is 2. The van der Waals surface area contributed by atoms with Crippen LogP contribution in [0, 0.1) is 0 Å². The molecule has 1 saturated carbocycles. The van der Waals surface area contributed by atoms with Gasteiger partial charge in [-0.25, -0.2) is 9.79 Å². The minimum atomic E-state index is -0.501. The predicted molar refractivity (Wildman–Crippen MR) is 112 cm³/mol. The first-order valence-corrected chi connectivity index (χ1v) is 9.79. The van der Waals surface area contributed by atoms with Crippen molar-refractivity contribution in [2.45, 2.75) is 25.4 Å². The van der Waals surface area contributed by atoms with Crippen LogP contribution in [0.5, 0.6) is 11.6 Å². The number of aromatic hydroxyl groups is 1. The second kappa shape index (κ2) is 7.59. The average molecular weight is 420 g/mol. The molecule has 1 aliphatic rings. The van der Waals surface area contributed by atoms with Crippen LogP contribution >= 0.6 is 0 Å². The molecule has 1 fully saturated rings. The van der Waals surface area contributed by atoms with Crippen molar-refractivity contribution in [2.75, 3.05) is 12.4 Å². The van der Waals surface area contributed by atoms with Crippen molar-refractivity contribution in [1.29, 1.82) is 0 Å². The first kappa shape index (κ1) is 18.9. The monoisotopic (exact) mass is 420 g/mol. The third-order valence-corrected chi connectivity index (χ3v) is 4.89. The zero-order valence-electron chi connectivity index (χ0n) is 16.7. The Morgan fingerprint density at radius 2 is 2.16 bits per heavy atom. The Labute approximate surface area is 175 Å². The molecule has 1 aliphatic carbocycles. The largest absolute Gasteiger partial charge is 0.496 e. The fourth-order valence-corrected chi connectivity index (χ4v) is 3.18. The summed E-state index contributed by atoms with van der Waals surface area (Å²) in [4.78, 5) is 30.0. The van der Waals surface area contributed by atoms with Crippen LogP contribution in [0.4, 0.5) is 5.95 Å². The average Bonchev–Trinajstić information content (AvgIpc) is 3.41. The number of methoxy groups -OCH3 is 1. The Bertz CT molecular complexity index is 1430. The van der Waals surface area contributed by atoms with Crippen LogP contribution in [-0.4, -0.2) is 47.8 Å². The molecule has 4 N–H and O–H groups in total. The van der Waals surface area contributed by atoms with E-state index in [0.29, 0.717) is 29.0 Å². The Hall–Kier alpha value is -4.15. The molecule has 3 aromatic heterocycles. The number of ether oxygens (including phenoxy) is 1. The molecule has 0 saturated heterocycles. The molecule has 0 unspecified atom stereocenters. The molecule has 0 atom stereocenters. The molecule has 3 heterocycles. The van der Waals surface area contributed by atoms with Gasteiger partial charge >= 0.3 is 5.69 Å². The maximum atomic E-state index is 11.4. The van der Waals surface area contributed by atoms with E-state index >= 15 is 0 Å². The number of fused-ring (bicyclic) bond motifs is 1. The number of para-hydroxylation sites is 1. The number of hydrogen-bond donors (Lipinski definition) is 4. The van der Waals surface area contributed by atoms with Gasteiger partial charge in [-0.1, -0.05) is 18.2 Å². The number of nitrogens with zero attached hydrogens (tertiary/aromatic N) is 5. The van der Waals surface area contributed by atoms with Gasteiger partial charge in [0, 0.05) is 17.3 Å². The van der Waals surface area contributed by atoms with E-state index in [2.05, 4.69) is 35.3 Å². The van der Waals surface area contributed by atoms with E-state index in [0.717, 1.165) is 24.2 Å². The Morgan fingerprint density at radius 3 is 2.90 bits per heavy atom. The lowest BCUT2D eigenvalue weighted by Crippen LogP contribution is -2.24. The minimum absolute atomic E-state index is 0.238. The first-order valence-electron chi connectivity index (χ1n) is 9.79. The summed E-state index contributed by atoms with van der Waals surface area (Å²) in [5.41, 5.74) is 1.64. The molecule has 0 amide bonds. The predicted octanol–water partition coefficient (Wildman–Crippen LogP) is 0.0778. The van der Waals surface area contributed by atoms with E-state index in [-0.39, 0.29) is 17.6 Å². The first-order chi connectivity index (χ1) is 15.1. The quantitative estimate of drug-likeness (QED) is 0.345. The molecule has 158 valence electrons. The van der Waals surface area contributed by atoms with Crippen LogP contribution in [0.1, 0.15) is 24.1 Å². The minimum Gasteiger partial charge on any atom is -0.496 e. The molecule has 31 heavy (non-hydrogen) atoms. The zero-order chi connectivity index (χ0) is 21.4. The summed E-state index contributed by atoms with van der Waals surface area (Å²) in [6.45, 7) is 0.460. The van der Waals surface area contributed by atoms with E-state index in [1.54, 1.807) is 23.9 Å². The Morgan fingerprint density at radius 1 is 1.32 bits per heavy atom. The zero-order valence-corrected chi connectivity index (χ0v) is 16.7. The molecule has 11 heteroatoms. The third-order valence-electron chi connectivity index (χ3n) is 4.89. The van der Waals surface area contributed by atoms with Gasteiger partial charge in [-0.05, 0) is 25.0 Å². The van der Waals surface area contributed by atoms with Crippen molar-refractivity contribution in [1.82, 2.24) is 29.5 Å². The van der Waals surface area contributed by atoms with Crippen LogP contribution in [0.15, 0.2) is 40.2 Å². The summed E-state index contributed by atoms with van der Waals surface area (Å²) >= 11 is 0. The van der Waals surface area contributed by atoms with Crippen molar-refractivity contribution in [3.8, 4) is 11.6 Å². The van der Waals surface area contributed by atoms with Crippen molar-refractivity contribution in [2.24, 2.45) is 4.99 Å². The molecule has 11 nitrogen and oxygen atoms in total. The number of hydrogen-bond acceptors (Lipinski definition) is 8. The van der Waals surface area contributed by atoms with Crippen LogP contribution in [0.2, 0.25) is 0 Å². The number of benzene rings is 1. The highest BCUT2D eigenvalue weighted by atomic mass is 16.5. The topological polar surface area (TPSA) is 146 Å². The van der Waals surface area contributed by atoms with Gasteiger partial charge in [0.15, 0.2) is 5.65 Å². The second-order valence-electron chi connectivity index (χ2n) is 7.19. The molecular weight excluding hydrogens is 400 g/mol. The number of nitrogens with one attached hydrogen (secondary N) is 3. The standard InChI is InChI=1S/C20H20N8O3/c1-31-15-5-3-2-4-11(15)9-21-18-25-16-12(8-14-17(29)26-20(30)24-14)10-22-28(16)19(27-18)23-13-6-7-13/h2-5,8,10,13,29H,6-7,9H2,1H3,(H,21,23,27)(H2,24,26,30)/b12-8+. The van der Waals surface area contributed by atoms with Gasteiger partial charge in [0.05, 0.1) is 19.3 Å². The Kier molecular flexibility index (Phi) is 4.62. The van der Waals surface area contributed by atoms with E-state index in [9.17, 15) is 9.90 Å². The van der Waals surface area contributed by atoms with Gasteiger partial charge in [0.25, 0.3) is 5.62 Å². The molecule has 0 aliphatic heterocycles. The smallest absolute Gasteiger partial charge is 0.326 e. The molecule has 0 radical (unpaired) electrons. The molecule has 0 bridgehead atoms. The summed E-state index contributed by atoms with van der Waals surface area (Å²) in [6.07, 6.45) is 5.22. The third kappa shape index (κ3) is 3.84. The Balaban J connectivity index is 1.59. The number of imidazole rings is 1. The van der Waals surface area contributed by atoms with Crippen molar-refractivity contribution >= 4 is 17.7 Å². The summed E-state index contributed by atoms with van der Waals surface area (Å²) in [5.74, 6) is 0.903. The van der Waals surface area contributed by atoms with Crippen LogP contribution in [-0.2, 0) is 6.54 Å². The van der Waals surface area contributed by atoms with Crippen LogP contribution in [0.25, 0.3) is 11.7 Å². The number of anilines is 1. The fourth-order valence-electron chi connectivity index (χ4n) is 3.18. The van der Waals surface area contributed by atoms with E-state index in [1.165, 1.54) is 0 Å². The highest BCUT2D eigenvalue weighted by Gasteiger charge is 2.21. The highest BCUT2D eigenvalue weighted by Crippen LogP contribution is 2.22. The van der Waals surface area contributed by atoms with Crippen molar-refractivity contribution in [3.05, 3.63) is 63.0 Å². The lowest BCUT2D eigenvalue weighted by Gasteiger charge is -2.09. The molecule has 5 rings (SSSR count). The van der Waals surface area contributed by atoms with Crippen LogP contribution in [0.3, 0.4) is 0 Å². The fraction of sp³-hybridized carbons (Fsp3) is 0.250. The highest BCUT2D eigenvalue weighted by molar-refractivity contribution is 5.57. The van der Waals surface area contributed by atoms with Gasteiger partial charge in [-0.15, -0.1) is 0 Å². The van der Waals surface area contributed by atoms with Gasteiger partial charge in [0.2, 0.25) is 11.8 Å². The number of rotatable bonds is 6. The van der Waals surface area contributed by atoms with E-state index in [1.807, 2.05) is 24.3 Å². The van der Waals surface area contributed by atoms with Gasteiger partial charge in [0.1, 0.15) is 11.4 Å².